The zero-order valence-corrected chi connectivity index (χ0v) is 27.7. The summed E-state index contributed by atoms with van der Waals surface area (Å²) in [6.07, 6.45) is 11.5. The highest BCUT2D eigenvalue weighted by atomic mass is 32.1. The van der Waals surface area contributed by atoms with Crippen LogP contribution in [0.15, 0.2) is 10.7 Å². The quantitative estimate of drug-likeness (QED) is 0.294. The summed E-state index contributed by atoms with van der Waals surface area (Å²) in [5.41, 5.74) is 9.67. The van der Waals surface area contributed by atoms with Crippen molar-refractivity contribution in [2.45, 2.75) is 95.6 Å². The molecule has 4 aromatic heterocycles. The Morgan fingerprint density at radius 3 is 2.70 bits per heavy atom. The number of nitrogens with zero attached hydrogens (tertiary/aromatic N) is 9. The third-order valence-electron chi connectivity index (χ3n) is 11.3. The van der Waals surface area contributed by atoms with Gasteiger partial charge in [0.05, 0.1) is 40.1 Å². The predicted molar refractivity (Wildman–Crippen MR) is 176 cm³/mol. The van der Waals surface area contributed by atoms with Crippen LogP contribution in [0.4, 0.5) is 10.8 Å². The lowest BCUT2D eigenvalue weighted by atomic mass is 9.63. The van der Waals surface area contributed by atoms with E-state index in [9.17, 15) is 10.5 Å². The fourth-order valence-corrected chi connectivity index (χ4v) is 10.2. The van der Waals surface area contributed by atoms with Gasteiger partial charge in [0.2, 0.25) is 0 Å². The first kappa shape index (κ1) is 29.4. The fourth-order valence-electron chi connectivity index (χ4n) is 8.99. The number of hydrogen-bond donors (Lipinski definition) is 1. The number of fused-ring (bicyclic) bond motifs is 5. The molecule has 2 aliphatic carbocycles. The number of aryl methyl sites for hydroxylation is 1. The van der Waals surface area contributed by atoms with Crippen molar-refractivity contribution in [3.63, 3.8) is 0 Å². The van der Waals surface area contributed by atoms with Crippen LogP contribution >= 0.6 is 11.3 Å². The number of likely N-dealkylation sites (tertiary alicyclic amines) is 1. The number of rotatable bonds is 4. The summed E-state index contributed by atoms with van der Waals surface area (Å²) < 4.78 is 8.41. The molecule has 0 amide bonds. The summed E-state index contributed by atoms with van der Waals surface area (Å²) in [6.45, 7) is 6.76. The second-order valence-electron chi connectivity index (χ2n) is 14.2. The van der Waals surface area contributed by atoms with Crippen molar-refractivity contribution < 1.29 is 4.52 Å². The highest BCUT2D eigenvalue weighted by Gasteiger charge is 2.49. The van der Waals surface area contributed by atoms with Gasteiger partial charge in [0, 0.05) is 29.6 Å². The lowest BCUT2D eigenvalue weighted by molar-refractivity contribution is 0.232. The summed E-state index contributed by atoms with van der Waals surface area (Å²) in [6, 6.07) is 5.47. The first-order valence-corrected chi connectivity index (χ1v) is 17.5. The van der Waals surface area contributed by atoms with Gasteiger partial charge in [0.25, 0.3) is 0 Å². The smallest absolute Gasteiger partial charge is 0.186 e. The minimum Gasteiger partial charge on any atom is -0.389 e. The third-order valence-corrected chi connectivity index (χ3v) is 12.4. The van der Waals surface area contributed by atoms with Gasteiger partial charge in [-0.15, -0.1) is 11.3 Å². The summed E-state index contributed by atoms with van der Waals surface area (Å²) in [5, 5.41) is 31.3. The molecule has 4 aromatic rings. The Hall–Kier alpha value is -4.00. The Labute approximate surface area is 273 Å². The van der Waals surface area contributed by atoms with Crippen molar-refractivity contribution in [3.05, 3.63) is 33.5 Å². The Balaban J connectivity index is 1.30. The van der Waals surface area contributed by atoms with Gasteiger partial charge in [-0.25, -0.2) is 14.6 Å². The minimum atomic E-state index is -0.454. The molecule has 1 spiro atoms. The zero-order valence-electron chi connectivity index (χ0n) is 26.8. The van der Waals surface area contributed by atoms with Crippen molar-refractivity contribution in [1.82, 2.24) is 29.8 Å². The number of nitriles is 2. The van der Waals surface area contributed by atoms with Crippen LogP contribution in [0, 0.1) is 28.1 Å². The molecule has 2 saturated heterocycles. The van der Waals surface area contributed by atoms with E-state index in [0.717, 1.165) is 105 Å². The van der Waals surface area contributed by atoms with E-state index in [-0.39, 0.29) is 6.04 Å². The van der Waals surface area contributed by atoms with Gasteiger partial charge >= 0.3 is 0 Å². The Kier molecular flexibility index (Phi) is 6.89. The summed E-state index contributed by atoms with van der Waals surface area (Å²) in [4.78, 5) is 16.3. The number of anilines is 2. The number of likely N-dealkylation sites (N-methyl/N-ethyl adjacent to an activating group) is 1. The number of nitrogen functional groups attached to an aromatic ring is 1. The number of hydrogen-bond acceptors (Lipinski definition) is 11. The van der Waals surface area contributed by atoms with Crippen LogP contribution in [-0.4, -0.2) is 62.5 Å². The van der Waals surface area contributed by atoms with Gasteiger partial charge in [-0.2, -0.15) is 15.6 Å². The van der Waals surface area contributed by atoms with Crippen LogP contribution in [0.5, 0.6) is 0 Å². The van der Waals surface area contributed by atoms with Crippen LogP contribution in [-0.2, 0) is 18.3 Å². The molecular weight excluding hydrogens is 597 g/mol. The Morgan fingerprint density at radius 1 is 1.11 bits per heavy atom. The van der Waals surface area contributed by atoms with Gasteiger partial charge in [-0.3, -0.25) is 0 Å². The SMILES string of the molecule is C[C@@H]([C@@H]1CCCN1C)n1ncc2c(N3CCC[C@](C)(C#N)C3)nc(-c3noc4c3CCC[C@@]43CCCc4sc(N)c(C#N)c43)nc21. The molecule has 2 N–H and O–H groups in total. The summed E-state index contributed by atoms with van der Waals surface area (Å²) in [5.74, 6) is 2.18. The van der Waals surface area contributed by atoms with Gasteiger partial charge in [0.15, 0.2) is 22.9 Å². The van der Waals surface area contributed by atoms with Crippen LogP contribution in [0.25, 0.3) is 22.6 Å². The number of piperidine rings is 1. The van der Waals surface area contributed by atoms with E-state index in [0.29, 0.717) is 34.7 Å². The molecule has 8 rings (SSSR count). The predicted octanol–water partition coefficient (Wildman–Crippen LogP) is 5.74. The molecule has 2 fully saturated rings. The lowest BCUT2D eigenvalue weighted by Crippen LogP contribution is -2.41. The maximum atomic E-state index is 10.1. The molecule has 0 aromatic carbocycles. The average molecular weight is 637 g/mol. The molecule has 6 heterocycles. The second kappa shape index (κ2) is 10.8. The van der Waals surface area contributed by atoms with Crippen molar-refractivity contribution >= 4 is 33.2 Å². The first-order chi connectivity index (χ1) is 22.3. The van der Waals surface area contributed by atoms with E-state index in [4.69, 9.17) is 30.5 Å². The van der Waals surface area contributed by atoms with E-state index < -0.39 is 10.8 Å². The van der Waals surface area contributed by atoms with Crippen LogP contribution in [0.1, 0.15) is 98.6 Å². The normalized spacial score (nSPS) is 27.0. The number of aromatic nitrogens is 5. The highest BCUT2D eigenvalue weighted by molar-refractivity contribution is 7.16. The molecular formula is C34H40N10OS. The van der Waals surface area contributed by atoms with E-state index in [1.807, 2.05) is 13.1 Å². The highest BCUT2D eigenvalue weighted by Crippen LogP contribution is 2.55. The Morgan fingerprint density at radius 2 is 1.93 bits per heavy atom. The molecule has 0 saturated carbocycles. The molecule has 12 heteroatoms. The fraction of sp³-hybridized carbons (Fsp3) is 0.588. The maximum Gasteiger partial charge on any atom is 0.186 e. The van der Waals surface area contributed by atoms with E-state index in [1.165, 1.54) is 11.3 Å². The molecule has 2 aliphatic heterocycles. The lowest BCUT2D eigenvalue weighted by Gasteiger charge is -2.39. The van der Waals surface area contributed by atoms with E-state index in [2.05, 4.69) is 40.6 Å². The number of nitrogens with two attached hydrogens (primary N) is 1. The molecule has 238 valence electrons. The van der Waals surface area contributed by atoms with Crippen molar-refractivity contribution in [3.8, 4) is 23.7 Å². The number of thiophene rings is 1. The van der Waals surface area contributed by atoms with Crippen LogP contribution in [0.2, 0.25) is 0 Å². The summed E-state index contributed by atoms with van der Waals surface area (Å²) >= 11 is 1.55. The van der Waals surface area contributed by atoms with Gasteiger partial charge in [-0.05, 0) is 97.2 Å². The van der Waals surface area contributed by atoms with Crippen molar-refractivity contribution in [1.29, 1.82) is 10.5 Å². The standard InChI is InChI=1S/C34H40N10OS/c1-20(24-9-6-14-42(24)3)44-32-23(17-38-44)31(43-15-7-11-33(2,18-36)19-43)39-30(40-32)27-21-8-4-12-34(28(21)45-41-27)13-5-10-25-26(34)22(16-35)29(37)46-25/h17,20,24H,4-15,19,37H2,1-3H3/t20-,24-,33+,34-/m0/s1. The Bertz CT molecular complexity index is 1920. The monoisotopic (exact) mass is 636 g/mol. The van der Waals surface area contributed by atoms with Crippen molar-refractivity contribution in [2.24, 2.45) is 5.41 Å². The van der Waals surface area contributed by atoms with E-state index >= 15 is 0 Å². The zero-order chi connectivity index (χ0) is 31.8. The summed E-state index contributed by atoms with van der Waals surface area (Å²) in [7, 11) is 2.19. The maximum absolute atomic E-state index is 10.1. The molecule has 46 heavy (non-hydrogen) atoms. The molecule has 0 bridgehead atoms. The second-order valence-corrected chi connectivity index (χ2v) is 15.3. The van der Waals surface area contributed by atoms with E-state index in [1.54, 1.807) is 11.3 Å². The van der Waals surface area contributed by atoms with Crippen LogP contribution in [0.3, 0.4) is 0 Å². The topological polar surface area (TPSA) is 150 Å². The van der Waals surface area contributed by atoms with Gasteiger partial charge in [0.1, 0.15) is 16.9 Å². The average Bonchev–Trinajstić information content (AvgIpc) is 3.85. The van der Waals surface area contributed by atoms with Crippen molar-refractivity contribution in [2.75, 3.05) is 37.3 Å². The van der Waals surface area contributed by atoms with Gasteiger partial charge in [-0.1, -0.05) is 5.16 Å². The molecule has 4 atom stereocenters. The largest absolute Gasteiger partial charge is 0.389 e. The minimum absolute atomic E-state index is 0.120. The third kappa shape index (κ3) is 4.30. The molecule has 11 nitrogen and oxygen atoms in total. The van der Waals surface area contributed by atoms with Crippen LogP contribution < -0.4 is 10.6 Å². The first-order valence-electron chi connectivity index (χ1n) is 16.7. The molecule has 4 aliphatic rings. The van der Waals surface area contributed by atoms with Gasteiger partial charge < -0.3 is 20.1 Å². The molecule has 0 unspecified atom stereocenters. The molecule has 0 radical (unpaired) electrons.